The van der Waals surface area contributed by atoms with Crippen molar-refractivity contribution in [2.75, 3.05) is 11.9 Å². The highest BCUT2D eigenvalue weighted by Crippen LogP contribution is 2.34. The molecule has 0 radical (unpaired) electrons. The van der Waals surface area contributed by atoms with E-state index in [2.05, 4.69) is 15.6 Å². The predicted molar refractivity (Wildman–Crippen MR) is 99.4 cm³/mol. The van der Waals surface area contributed by atoms with Gasteiger partial charge in [0.2, 0.25) is 11.8 Å². The van der Waals surface area contributed by atoms with Gasteiger partial charge < -0.3 is 16.4 Å². The van der Waals surface area contributed by atoms with Gasteiger partial charge in [0.25, 0.3) is 0 Å². The van der Waals surface area contributed by atoms with Crippen molar-refractivity contribution in [3.8, 4) is 10.6 Å². The maximum absolute atomic E-state index is 12.0. The fourth-order valence-corrected chi connectivity index (χ4v) is 3.81. The van der Waals surface area contributed by atoms with Gasteiger partial charge in [-0.3, -0.25) is 9.59 Å². The molecule has 0 aromatic carbocycles. The third kappa shape index (κ3) is 4.62. The van der Waals surface area contributed by atoms with E-state index in [9.17, 15) is 9.59 Å². The minimum Gasteiger partial charge on any atom is -0.346 e. The zero-order valence-electron chi connectivity index (χ0n) is 14.2. The first-order valence-corrected chi connectivity index (χ1v) is 9.28. The van der Waals surface area contributed by atoms with Crippen LogP contribution in [0, 0.1) is 19.8 Å². The van der Waals surface area contributed by atoms with Crippen molar-refractivity contribution in [1.82, 2.24) is 10.3 Å². The lowest BCUT2D eigenvalue weighted by atomic mass is 10.1. The lowest BCUT2D eigenvalue weighted by Gasteiger charge is -2.14. The molecule has 24 heavy (non-hydrogen) atoms. The second-order valence-electron chi connectivity index (χ2n) is 5.87. The van der Waals surface area contributed by atoms with Crippen molar-refractivity contribution in [2.45, 2.75) is 33.7 Å². The predicted octanol–water partition coefficient (Wildman–Crippen LogP) is 2.53. The average Bonchev–Trinajstić information content (AvgIpc) is 3.09. The molecule has 0 unspecified atom stereocenters. The molecule has 0 aliphatic carbocycles. The van der Waals surface area contributed by atoms with Gasteiger partial charge in [0.1, 0.15) is 0 Å². The van der Waals surface area contributed by atoms with Crippen molar-refractivity contribution in [2.24, 2.45) is 11.7 Å². The maximum atomic E-state index is 12.0. The van der Waals surface area contributed by atoms with Gasteiger partial charge in [0.15, 0.2) is 5.13 Å². The van der Waals surface area contributed by atoms with Crippen LogP contribution in [-0.2, 0) is 9.59 Å². The van der Waals surface area contributed by atoms with Crippen LogP contribution in [0.5, 0.6) is 0 Å². The normalized spacial score (nSPS) is 12.2. The second kappa shape index (κ2) is 7.87. The van der Waals surface area contributed by atoms with Crippen LogP contribution in [-0.4, -0.2) is 29.4 Å². The van der Waals surface area contributed by atoms with Crippen LogP contribution in [0.25, 0.3) is 10.6 Å². The van der Waals surface area contributed by atoms with Gasteiger partial charge in [-0.25, -0.2) is 4.98 Å². The number of carbonyl (C=O) groups excluding carboxylic acids is 2. The molecule has 0 bridgehead atoms. The van der Waals surface area contributed by atoms with Gasteiger partial charge in [-0.2, -0.15) is 0 Å². The number of nitrogens with one attached hydrogen (secondary N) is 2. The summed E-state index contributed by atoms with van der Waals surface area (Å²) in [4.78, 5) is 31.6. The summed E-state index contributed by atoms with van der Waals surface area (Å²) in [5.41, 5.74) is 6.62. The lowest BCUT2D eigenvalue weighted by molar-refractivity contribution is -0.125. The van der Waals surface area contributed by atoms with Gasteiger partial charge in [-0.1, -0.05) is 13.8 Å². The van der Waals surface area contributed by atoms with Crippen LogP contribution in [0.1, 0.15) is 23.6 Å². The third-order valence-electron chi connectivity index (χ3n) is 3.46. The fraction of sp³-hybridized carbons (Fsp3) is 0.438. The van der Waals surface area contributed by atoms with E-state index in [1.165, 1.54) is 16.2 Å². The molecular formula is C16H22N4O2S2. The summed E-state index contributed by atoms with van der Waals surface area (Å²) < 4.78 is 0. The molecular weight excluding hydrogens is 344 g/mol. The third-order valence-corrected chi connectivity index (χ3v) is 5.35. The minimum atomic E-state index is -0.617. The molecule has 8 heteroatoms. The summed E-state index contributed by atoms with van der Waals surface area (Å²) in [7, 11) is 0. The zero-order valence-corrected chi connectivity index (χ0v) is 15.8. The van der Waals surface area contributed by atoms with Gasteiger partial charge in [-0.15, -0.1) is 22.7 Å². The summed E-state index contributed by atoms with van der Waals surface area (Å²) in [6.07, 6.45) is 0. The second-order valence-corrected chi connectivity index (χ2v) is 8.36. The fourth-order valence-electron chi connectivity index (χ4n) is 1.99. The van der Waals surface area contributed by atoms with Gasteiger partial charge >= 0.3 is 0 Å². The van der Waals surface area contributed by atoms with Crippen LogP contribution in [0.3, 0.4) is 0 Å². The van der Waals surface area contributed by atoms with Crippen molar-refractivity contribution in [3.05, 3.63) is 21.9 Å². The summed E-state index contributed by atoms with van der Waals surface area (Å²) in [6, 6.07) is 3.46. The van der Waals surface area contributed by atoms with Crippen LogP contribution in [0.4, 0.5) is 5.13 Å². The Morgan fingerprint density at radius 2 is 1.96 bits per heavy atom. The van der Waals surface area contributed by atoms with Crippen molar-refractivity contribution in [3.63, 3.8) is 0 Å². The van der Waals surface area contributed by atoms with E-state index in [-0.39, 0.29) is 24.3 Å². The first kappa shape index (κ1) is 18.6. The van der Waals surface area contributed by atoms with E-state index in [0.29, 0.717) is 5.13 Å². The van der Waals surface area contributed by atoms with E-state index >= 15 is 0 Å². The Morgan fingerprint density at radius 3 is 2.54 bits per heavy atom. The SMILES string of the molecule is Cc1ccc(-c2nc(NC(=O)CNC(=O)[C@@H](N)C(C)C)sc2C)s1. The number of aromatic nitrogens is 1. The Bertz CT molecular complexity index is 736. The number of nitrogens with zero attached hydrogens (tertiary/aromatic N) is 1. The smallest absolute Gasteiger partial charge is 0.245 e. The van der Waals surface area contributed by atoms with E-state index < -0.39 is 6.04 Å². The van der Waals surface area contributed by atoms with Gasteiger partial charge in [0.05, 0.1) is 23.2 Å². The highest BCUT2D eigenvalue weighted by Gasteiger charge is 2.18. The standard InChI is InChI=1S/C16H22N4O2S2/c1-8(2)13(17)15(22)18-7-12(21)19-16-20-14(10(4)24-16)11-6-5-9(3)23-11/h5-6,8,13H,7,17H2,1-4H3,(H,18,22)(H,19,20,21)/t13-/m0/s1. The Hall–Kier alpha value is -1.77. The number of thiazole rings is 1. The lowest BCUT2D eigenvalue weighted by Crippen LogP contribution is -2.46. The number of hydrogen-bond donors (Lipinski definition) is 3. The Balaban J connectivity index is 1.94. The molecule has 4 N–H and O–H groups in total. The quantitative estimate of drug-likeness (QED) is 0.732. The van der Waals surface area contributed by atoms with E-state index in [4.69, 9.17) is 5.73 Å². The number of aryl methyl sites for hydroxylation is 2. The topological polar surface area (TPSA) is 97.1 Å². The van der Waals surface area contributed by atoms with E-state index in [0.717, 1.165) is 15.4 Å². The Kier molecular flexibility index (Phi) is 6.09. The monoisotopic (exact) mass is 366 g/mol. The molecule has 0 saturated carbocycles. The summed E-state index contributed by atoms with van der Waals surface area (Å²) in [5, 5.41) is 5.79. The van der Waals surface area contributed by atoms with Crippen LogP contribution >= 0.6 is 22.7 Å². The zero-order chi connectivity index (χ0) is 17.9. The molecule has 1 atom stereocenters. The molecule has 2 aromatic rings. The molecule has 0 saturated heterocycles. The van der Waals surface area contributed by atoms with Crippen LogP contribution in [0.2, 0.25) is 0 Å². The number of carbonyl (C=O) groups is 2. The maximum Gasteiger partial charge on any atom is 0.245 e. The largest absolute Gasteiger partial charge is 0.346 e. The van der Waals surface area contributed by atoms with Gasteiger partial charge in [-0.05, 0) is 31.9 Å². The first-order chi connectivity index (χ1) is 11.3. The van der Waals surface area contributed by atoms with Crippen LogP contribution in [0.15, 0.2) is 12.1 Å². The number of thiophene rings is 1. The van der Waals surface area contributed by atoms with Crippen molar-refractivity contribution < 1.29 is 9.59 Å². The first-order valence-electron chi connectivity index (χ1n) is 7.65. The summed E-state index contributed by atoms with van der Waals surface area (Å²) >= 11 is 3.09. The Labute approximate surface area is 149 Å². The molecule has 130 valence electrons. The van der Waals surface area contributed by atoms with E-state index in [1.807, 2.05) is 39.8 Å². The molecule has 2 rings (SSSR count). The average molecular weight is 367 g/mol. The highest BCUT2D eigenvalue weighted by molar-refractivity contribution is 7.18. The molecule has 6 nitrogen and oxygen atoms in total. The molecule has 0 spiro atoms. The van der Waals surface area contributed by atoms with Gasteiger partial charge in [0, 0.05) is 9.75 Å². The molecule has 0 aliphatic rings. The minimum absolute atomic E-state index is 0.0199. The van der Waals surface area contributed by atoms with Crippen molar-refractivity contribution in [1.29, 1.82) is 0 Å². The molecule has 0 fully saturated rings. The van der Waals surface area contributed by atoms with Crippen LogP contribution < -0.4 is 16.4 Å². The number of nitrogens with two attached hydrogens (primary N) is 1. The highest BCUT2D eigenvalue weighted by atomic mass is 32.1. The molecule has 2 heterocycles. The Morgan fingerprint density at radius 1 is 1.25 bits per heavy atom. The number of hydrogen-bond acceptors (Lipinski definition) is 6. The number of amides is 2. The summed E-state index contributed by atoms with van der Waals surface area (Å²) in [5.74, 6) is -0.626. The van der Waals surface area contributed by atoms with Crippen molar-refractivity contribution >= 4 is 39.6 Å². The molecule has 2 amide bonds. The van der Waals surface area contributed by atoms with E-state index in [1.54, 1.807) is 11.3 Å². The summed E-state index contributed by atoms with van der Waals surface area (Å²) in [6.45, 7) is 7.61. The molecule has 2 aromatic heterocycles. The molecule has 0 aliphatic heterocycles. The number of rotatable bonds is 6. The number of anilines is 1.